The number of carboxylic acids is 1. The van der Waals surface area contributed by atoms with Crippen molar-refractivity contribution in [3.05, 3.63) is 59.2 Å². The van der Waals surface area contributed by atoms with Crippen molar-refractivity contribution in [2.75, 3.05) is 13.2 Å². The quantitative estimate of drug-likeness (QED) is 0.765. The van der Waals surface area contributed by atoms with Gasteiger partial charge in [0.1, 0.15) is 13.2 Å². The van der Waals surface area contributed by atoms with Crippen molar-refractivity contribution < 1.29 is 24.2 Å². The number of amides is 2. The fourth-order valence-corrected chi connectivity index (χ4v) is 2.61. The van der Waals surface area contributed by atoms with Crippen molar-refractivity contribution in [3.63, 3.8) is 0 Å². The summed E-state index contributed by atoms with van der Waals surface area (Å²) >= 11 is 0. The van der Waals surface area contributed by atoms with Crippen LogP contribution in [0.25, 0.3) is 0 Å². The fourth-order valence-electron chi connectivity index (χ4n) is 2.61. The van der Waals surface area contributed by atoms with Gasteiger partial charge in [-0.15, -0.1) is 0 Å². The molecule has 1 atom stereocenters. The van der Waals surface area contributed by atoms with E-state index < -0.39 is 5.97 Å². The molecule has 3 rings (SSSR count). The predicted octanol–water partition coefficient (Wildman–Crippen LogP) is 2.72. The van der Waals surface area contributed by atoms with Crippen LogP contribution in [0.3, 0.4) is 0 Å². The molecule has 1 heterocycles. The van der Waals surface area contributed by atoms with Gasteiger partial charge in [-0.25, -0.2) is 9.59 Å². The predicted molar refractivity (Wildman–Crippen MR) is 94.6 cm³/mol. The zero-order valence-corrected chi connectivity index (χ0v) is 14.3. The molecule has 0 bridgehead atoms. The van der Waals surface area contributed by atoms with Crippen molar-refractivity contribution in [2.45, 2.75) is 19.5 Å². The number of rotatable bonds is 5. The Morgan fingerprint density at radius 3 is 2.46 bits per heavy atom. The molecule has 0 saturated carbocycles. The molecule has 136 valence electrons. The average Bonchev–Trinajstić information content (AvgIpc) is 2.66. The molecule has 7 heteroatoms. The van der Waals surface area contributed by atoms with Crippen molar-refractivity contribution in [3.8, 4) is 11.5 Å². The van der Waals surface area contributed by atoms with Gasteiger partial charge in [-0.2, -0.15) is 0 Å². The summed E-state index contributed by atoms with van der Waals surface area (Å²) in [6.45, 7) is 3.24. The second kappa shape index (κ2) is 7.77. The number of carboxylic acid groups (broad SMARTS) is 1. The number of urea groups is 1. The monoisotopic (exact) mass is 356 g/mol. The number of aromatic carboxylic acids is 1. The Morgan fingerprint density at radius 1 is 1.08 bits per heavy atom. The Balaban J connectivity index is 1.53. The first kappa shape index (κ1) is 17.6. The van der Waals surface area contributed by atoms with Crippen LogP contribution in [0.5, 0.6) is 11.5 Å². The highest BCUT2D eigenvalue weighted by molar-refractivity contribution is 5.87. The van der Waals surface area contributed by atoms with Gasteiger partial charge in [-0.1, -0.05) is 18.2 Å². The lowest BCUT2D eigenvalue weighted by atomic mass is 10.1. The SMILES string of the molecule is CC(NC(=O)NCc1ccc(C(=O)O)cc1)c1ccc2c(c1)OCCO2. The zero-order chi connectivity index (χ0) is 18.5. The maximum Gasteiger partial charge on any atom is 0.335 e. The van der Waals surface area contributed by atoms with E-state index in [4.69, 9.17) is 14.6 Å². The molecule has 1 aliphatic heterocycles. The molecule has 26 heavy (non-hydrogen) atoms. The lowest BCUT2D eigenvalue weighted by Crippen LogP contribution is -2.36. The highest BCUT2D eigenvalue weighted by Crippen LogP contribution is 2.32. The van der Waals surface area contributed by atoms with Gasteiger partial charge in [-0.3, -0.25) is 0 Å². The summed E-state index contributed by atoms with van der Waals surface area (Å²) < 4.78 is 11.0. The number of hydrogen-bond acceptors (Lipinski definition) is 4. The summed E-state index contributed by atoms with van der Waals surface area (Å²) in [5.41, 5.74) is 1.94. The molecule has 0 spiro atoms. The van der Waals surface area contributed by atoms with Crippen molar-refractivity contribution in [2.24, 2.45) is 0 Å². The standard InChI is InChI=1S/C19H20N2O5/c1-12(15-6-7-16-17(10-15)26-9-8-25-16)21-19(24)20-11-13-2-4-14(5-3-13)18(22)23/h2-7,10,12H,8-9,11H2,1H3,(H,22,23)(H2,20,21,24). The summed E-state index contributed by atoms with van der Waals surface area (Å²) in [7, 11) is 0. The van der Waals surface area contributed by atoms with Gasteiger partial charge in [-0.05, 0) is 42.3 Å². The van der Waals surface area contributed by atoms with Crippen LogP contribution in [0.4, 0.5) is 4.79 Å². The van der Waals surface area contributed by atoms with E-state index in [1.807, 2.05) is 25.1 Å². The maximum absolute atomic E-state index is 12.1. The Labute approximate surface area is 150 Å². The summed E-state index contributed by atoms with van der Waals surface area (Å²) in [5.74, 6) is 0.415. The smallest absolute Gasteiger partial charge is 0.335 e. The van der Waals surface area contributed by atoms with Crippen LogP contribution in [0.2, 0.25) is 0 Å². The van der Waals surface area contributed by atoms with E-state index in [1.165, 1.54) is 12.1 Å². The fraction of sp³-hybridized carbons (Fsp3) is 0.263. The van der Waals surface area contributed by atoms with Crippen molar-refractivity contribution >= 4 is 12.0 Å². The van der Waals surface area contributed by atoms with Gasteiger partial charge in [0.2, 0.25) is 0 Å². The third-order valence-corrected chi connectivity index (χ3v) is 4.07. The highest BCUT2D eigenvalue weighted by atomic mass is 16.6. The van der Waals surface area contributed by atoms with E-state index in [0.29, 0.717) is 31.3 Å². The minimum Gasteiger partial charge on any atom is -0.486 e. The second-order valence-electron chi connectivity index (χ2n) is 5.95. The second-order valence-corrected chi connectivity index (χ2v) is 5.95. The molecule has 0 aliphatic carbocycles. The van der Waals surface area contributed by atoms with Crippen LogP contribution in [0, 0.1) is 0 Å². The van der Waals surface area contributed by atoms with Gasteiger partial charge in [0.05, 0.1) is 11.6 Å². The number of carbonyl (C=O) groups is 2. The Kier molecular flexibility index (Phi) is 5.26. The molecule has 2 aromatic carbocycles. The highest BCUT2D eigenvalue weighted by Gasteiger charge is 2.15. The number of ether oxygens (including phenoxy) is 2. The first-order valence-corrected chi connectivity index (χ1v) is 8.29. The Morgan fingerprint density at radius 2 is 1.77 bits per heavy atom. The van der Waals surface area contributed by atoms with Gasteiger partial charge in [0.25, 0.3) is 0 Å². The molecular weight excluding hydrogens is 336 g/mol. The third-order valence-electron chi connectivity index (χ3n) is 4.07. The summed E-state index contributed by atoms with van der Waals surface area (Å²) in [5, 5.41) is 14.5. The number of hydrogen-bond donors (Lipinski definition) is 3. The molecule has 1 unspecified atom stereocenters. The molecule has 0 radical (unpaired) electrons. The molecule has 2 amide bonds. The number of benzene rings is 2. The van der Waals surface area contributed by atoms with Crippen LogP contribution in [-0.2, 0) is 6.54 Å². The van der Waals surface area contributed by atoms with Crippen molar-refractivity contribution in [1.82, 2.24) is 10.6 Å². The van der Waals surface area contributed by atoms with Crippen LogP contribution >= 0.6 is 0 Å². The average molecular weight is 356 g/mol. The molecule has 0 fully saturated rings. The van der Waals surface area contributed by atoms with Crippen LogP contribution in [-0.4, -0.2) is 30.3 Å². The molecule has 1 aliphatic rings. The minimum absolute atomic E-state index is 0.208. The summed E-state index contributed by atoms with van der Waals surface area (Å²) in [6, 6.07) is 11.4. The maximum atomic E-state index is 12.1. The number of fused-ring (bicyclic) bond motifs is 1. The molecule has 0 aromatic heterocycles. The Bertz CT molecular complexity index is 804. The normalized spacial score (nSPS) is 13.6. The first-order chi connectivity index (χ1) is 12.5. The van der Waals surface area contributed by atoms with Crippen LogP contribution < -0.4 is 20.1 Å². The number of carbonyl (C=O) groups excluding carboxylic acids is 1. The van der Waals surface area contributed by atoms with Crippen LogP contribution in [0.15, 0.2) is 42.5 Å². The molecule has 2 aromatic rings. The number of nitrogens with one attached hydrogen (secondary N) is 2. The zero-order valence-electron chi connectivity index (χ0n) is 14.3. The molecular formula is C19H20N2O5. The van der Waals surface area contributed by atoms with E-state index in [0.717, 1.165) is 11.1 Å². The van der Waals surface area contributed by atoms with Gasteiger partial charge < -0.3 is 25.2 Å². The van der Waals surface area contributed by atoms with Gasteiger partial charge >= 0.3 is 12.0 Å². The molecule has 0 saturated heterocycles. The lowest BCUT2D eigenvalue weighted by Gasteiger charge is -2.21. The van der Waals surface area contributed by atoms with Crippen LogP contribution in [0.1, 0.15) is 34.5 Å². The topological polar surface area (TPSA) is 96.9 Å². The van der Waals surface area contributed by atoms with Gasteiger partial charge in [0.15, 0.2) is 11.5 Å². The van der Waals surface area contributed by atoms with E-state index >= 15 is 0 Å². The summed E-state index contributed by atoms with van der Waals surface area (Å²) in [6.07, 6.45) is 0. The van der Waals surface area contributed by atoms with E-state index in [9.17, 15) is 9.59 Å². The van der Waals surface area contributed by atoms with Crippen molar-refractivity contribution in [1.29, 1.82) is 0 Å². The minimum atomic E-state index is -0.976. The Hall–Kier alpha value is -3.22. The van der Waals surface area contributed by atoms with E-state index in [1.54, 1.807) is 12.1 Å². The largest absolute Gasteiger partial charge is 0.486 e. The first-order valence-electron chi connectivity index (χ1n) is 8.29. The van der Waals surface area contributed by atoms with Gasteiger partial charge in [0, 0.05) is 6.54 Å². The lowest BCUT2D eigenvalue weighted by molar-refractivity contribution is 0.0697. The summed E-state index contributed by atoms with van der Waals surface area (Å²) in [4.78, 5) is 22.9. The third kappa shape index (κ3) is 4.24. The molecule has 7 nitrogen and oxygen atoms in total. The van der Waals surface area contributed by atoms with E-state index in [2.05, 4.69) is 10.6 Å². The molecule has 3 N–H and O–H groups in total. The van der Waals surface area contributed by atoms with E-state index in [-0.39, 0.29) is 17.6 Å².